The quantitative estimate of drug-likeness (QED) is 0.455. The van der Waals surface area contributed by atoms with Crippen LogP contribution in [0.25, 0.3) is 10.9 Å². The molecular formula is C33H43N5O2. The van der Waals surface area contributed by atoms with E-state index in [1.54, 1.807) is 10.6 Å². The maximum Gasteiger partial charge on any atom is 0.264 e. The third-order valence-electron chi connectivity index (χ3n) is 9.31. The van der Waals surface area contributed by atoms with E-state index in [0.29, 0.717) is 12.1 Å². The molecule has 3 fully saturated rings. The summed E-state index contributed by atoms with van der Waals surface area (Å²) in [6, 6.07) is 21.5. The molecule has 2 bridgehead atoms. The zero-order chi connectivity index (χ0) is 27.6. The Kier molecular flexibility index (Phi) is 7.94. The zero-order valence-corrected chi connectivity index (χ0v) is 24.0. The third-order valence-corrected chi connectivity index (χ3v) is 9.31. The van der Waals surface area contributed by atoms with Gasteiger partial charge in [0.2, 0.25) is 0 Å². The Morgan fingerprint density at radius 1 is 0.900 bits per heavy atom. The lowest BCUT2D eigenvalue weighted by molar-refractivity contribution is 0.0831. The average Bonchev–Trinajstić information content (AvgIpc) is 3.20. The minimum Gasteiger partial charge on any atom is -0.369 e. The van der Waals surface area contributed by atoms with Crippen LogP contribution >= 0.6 is 0 Å². The Morgan fingerprint density at radius 2 is 1.57 bits per heavy atom. The van der Waals surface area contributed by atoms with Crippen LogP contribution in [-0.4, -0.2) is 77.7 Å². The summed E-state index contributed by atoms with van der Waals surface area (Å²) in [5.41, 5.74) is 2.27. The van der Waals surface area contributed by atoms with Crippen LogP contribution in [0.4, 0.5) is 5.69 Å². The Hall–Kier alpha value is -3.16. The van der Waals surface area contributed by atoms with Gasteiger partial charge in [0, 0.05) is 56.0 Å². The number of nitrogens with one attached hydrogen (secondary N) is 1. The predicted molar refractivity (Wildman–Crippen MR) is 162 cm³/mol. The van der Waals surface area contributed by atoms with Crippen molar-refractivity contribution in [1.82, 2.24) is 19.7 Å². The molecular weight excluding hydrogens is 498 g/mol. The fraction of sp³-hybridized carbons (Fsp3) is 0.515. The highest BCUT2D eigenvalue weighted by Crippen LogP contribution is 2.36. The summed E-state index contributed by atoms with van der Waals surface area (Å²) in [5, 5.41) is 4.19. The van der Waals surface area contributed by atoms with Gasteiger partial charge in [0.1, 0.15) is 5.56 Å². The fourth-order valence-corrected chi connectivity index (χ4v) is 7.33. The summed E-state index contributed by atoms with van der Waals surface area (Å²) in [6.07, 6.45) is 5.57. The van der Waals surface area contributed by atoms with Gasteiger partial charge < -0.3 is 14.8 Å². The molecule has 6 rings (SSSR count). The molecule has 3 saturated heterocycles. The number of benzene rings is 2. The number of pyridine rings is 1. The number of piperazine rings is 1. The highest BCUT2D eigenvalue weighted by molar-refractivity contribution is 5.97. The standard InChI is InChI=1S/C33H43N5O2/c1-24(2)38-31-12-7-6-9-25(31)21-30(33(38)40)32(39)34-26-22-28-13-14-29(23-26)37(28)16-8-15-35-17-19-36(20-18-35)27-10-4-3-5-11-27/h3-7,9-12,21,24,26,28-29H,8,13-20,22-23H2,1-2H3,(H,34,39)/t26?,28-,29+. The van der Waals surface area contributed by atoms with Crippen molar-refractivity contribution in [1.29, 1.82) is 0 Å². The first-order valence-electron chi connectivity index (χ1n) is 15.2. The maximum atomic E-state index is 13.4. The molecule has 0 radical (unpaired) electrons. The second-order valence-electron chi connectivity index (χ2n) is 12.2. The van der Waals surface area contributed by atoms with Crippen LogP contribution in [0.1, 0.15) is 62.4 Å². The summed E-state index contributed by atoms with van der Waals surface area (Å²) in [4.78, 5) is 34.5. The van der Waals surface area contributed by atoms with E-state index in [1.807, 2.05) is 38.1 Å². The number of piperidine rings is 1. The maximum absolute atomic E-state index is 13.4. The molecule has 1 amide bonds. The van der Waals surface area contributed by atoms with Gasteiger partial charge in [0.25, 0.3) is 11.5 Å². The molecule has 7 nitrogen and oxygen atoms in total. The molecule has 4 heterocycles. The number of hydrogen-bond donors (Lipinski definition) is 1. The largest absolute Gasteiger partial charge is 0.369 e. The zero-order valence-electron chi connectivity index (χ0n) is 24.0. The van der Waals surface area contributed by atoms with Crippen molar-refractivity contribution in [2.24, 2.45) is 0 Å². The molecule has 2 aromatic carbocycles. The minimum absolute atomic E-state index is 0.0167. The van der Waals surface area contributed by atoms with Crippen LogP contribution in [0.15, 0.2) is 65.5 Å². The van der Waals surface area contributed by atoms with Crippen molar-refractivity contribution in [3.63, 3.8) is 0 Å². The molecule has 3 atom stereocenters. The number of nitrogens with zero attached hydrogens (tertiary/aromatic N) is 4. The number of amides is 1. The molecule has 3 aliphatic heterocycles. The molecule has 212 valence electrons. The topological polar surface area (TPSA) is 60.8 Å². The summed E-state index contributed by atoms with van der Waals surface area (Å²) >= 11 is 0. The number of para-hydroxylation sites is 2. The van der Waals surface area contributed by atoms with Gasteiger partial charge in [0.05, 0.1) is 5.52 Å². The number of fused-ring (bicyclic) bond motifs is 3. The second-order valence-corrected chi connectivity index (χ2v) is 12.2. The molecule has 3 aliphatic rings. The normalized spacial score (nSPS) is 23.7. The van der Waals surface area contributed by atoms with E-state index < -0.39 is 0 Å². The SMILES string of the molecule is CC(C)n1c(=O)c(C(=O)NC2C[C@H]3CC[C@@H](C2)N3CCCN2CCN(c3ccccc3)CC2)cc2ccccc21. The summed E-state index contributed by atoms with van der Waals surface area (Å²) in [7, 11) is 0. The van der Waals surface area contributed by atoms with E-state index in [0.717, 1.165) is 63.0 Å². The van der Waals surface area contributed by atoms with Crippen molar-refractivity contribution in [3.8, 4) is 0 Å². The van der Waals surface area contributed by atoms with Crippen LogP contribution in [0.3, 0.4) is 0 Å². The predicted octanol–water partition coefficient (Wildman–Crippen LogP) is 4.52. The van der Waals surface area contributed by atoms with Gasteiger partial charge in [-0.3, -0.25) is 19.4 Å². The van der Waals surface area contributed by atoms with Gasteiger partial charge in [-0.25, -0.2) is 0 Å². The number of rotatable bonds is 8. The van der Waals surface area contributed by atoms with Crippen LogP contribution in [0.2, 0.25) is 0 Å². The van der Waals surface area contributed by atoms with Gasteiger partial charge in [-0.1, -0.05) is 36.4 Å². The first-order valence-corrected chi connectivity index (χ1v) is 15.2. The third kappa shape index (κ3) is 5.54. The Morgan fingerprint density at radius 3 is 2.27 bits per heavy atom. The van der Waals surface area contributed by atoms with Gasteiger partial charge in [-0.15, -0.1) is 0 Å². The van der Waals surface area contributed by atoms with E-state index in [9.17, 15) is 9.59 Å². The van der Waals surface area contributed by atoms with Crippen molar-refractivity contribution < 1.29 is 4.79 Å². The van der Waals surface area contributed by atoms with Crippen molar-refractivity contribution >= 4 is 22.5 Å². The van der Waals surface area contributed by atoms with E-state index >= 15 is 0 Å². The lowest BCUT2D eigenvalue weighted by Crippen LogP contribution is -2.51. The molecule has 7 heteroatoms. The lowest BCUT2D eigenvalue weighted by atomic mass is 9.96. The number of anilines is 1. The van der Waals surface area contributed by atoms with Crippen LogP contribution in [0.5, 0.6) is 0 Å². The first-order chi connectivity index (χ1) is 19.5. The Balaban J connectivity index is 1.01. The Bertz CT molecular complexity index is 1360. The van der Waals surface area contributed by atoms with E-state index in [4.69, 9.17) is 0 Å². The molecule has 1 unspecified atom stereocenters. The van der Waals surface area contributed by atoms with E-state index in [1.165, 1.54) is 24.9 Å². The molecule has 3 aromatic rings. The van der Waals surface area contributed by atoms with Gasteiger partial charge in [-0.05, 0) is 88.7 Å². The Labute approximate surface area is 237 Å². The van der Waals surface area contributed by atoms with Gasteiger partial charge in [0.15, 0.2) is 0 Å². The molecule has 0 spiro atoms. The summed E-state index contributed by atoms with van der Waals surface area (Å²) in [6.45, 7) is 10.7. The van der Waals surface area contributed by atoms with Crippen molar-refractivity contribution in [3.05, 3.63) is 76.6 Å². The van der Waals surface area contributed by atoms with Crippen LogP contribution in [0, 0.1) is 0 Å². The number of aromatic nitrogens is 1. The highest BCUT2D eigenvalue weighted by Gasteiger charge is 2.41. The number of carbonyl (C=O) groups excluding carboxylic acids is 1. The molecule has 0 aliphatic carbocycles. The summed E-state index contributed by atoms with van der Waals surface area (Å²) < 4.78 is 1.75. The molecule has 40 heavy (non-hydrogen) atoms. The fourth-order valence-electron chi connectivity index (χ4n) is 7.33. The number of hydrogen-bond acceptors (Lipinski definition) is 5. The van der Waals surface area contributed by atoms with E-state index in [-0.39, 0.29) is 29.1 Å². The van der Waals surface area contributed by atoms with Crippen molar-refractivity contribution in [2.75, 3.05) is 44.2 Å². The highest BCUT2D eigenvalue weighted by atomic mass is 16.2. The number of carbonyl (C=O) groups is 1. The molecule has 1 N–H and O–H groups in total. The molecule has 0 saturated carbocycles. The van der Waals surface area contributed by atoms with Crippen LogP contribution in [-0.2, 0) is 0 Å². The second kappa shape index (κ2) is 11.8. The minimum atomic E-state index is -0.224. The molecule has 1 aromatic heterocycles. The van der Waals surface area contributed by atoms with E-state index in [2.05, 4.69) is 50.3 Å². The van der Waals surface area contributed by atoms with Crippen LogP contribution < -0.4 is 15.8 Å². The van der Waals surface area contributed by atoms with Gasteiger partial charge >= 0.3 is 0 Å². The monoisotopic (exact) mass is 541 g/mol. The average molecular weight is 542 g/mol. The first kappa shape index (κ1) is 27.0. The van der Waals surface area contributed by atoms with Gasteiger partial charge in [-0.2, -0.15) is 0 Å². The summed E-state index contributed by atoms with van der Waals surface area (Å²) in [5.74, 6) is -0.224. The smallest absolute Gasteiger partial charge is 0.264 e. The lowest BCUT2D eigenvalue weighted by Gasteiger charge is -2.40. The van der Waals surface area contributed by atoms with Crippen molar-refractivity contribution in [2.45, 2.75) is 70.1 Å².